The summed E-state index contributed by atoms with van der Waals surface area (Å²) in [5.41, 5.74) is 2.40. The highest BCUT2D eigenvalue weighted by Gasteiger charge is 2.16. The number of anilines is 1. The van der Waals surface area contributed by atoms with Crippen LogP contribution in [0.15, 0.2) is 35.7 Å². The maximum atomic E-state index is 6.39. The summed E-state index contributed by atoms with van der Waals surface area (Å²) in [5, 5.41) is 6.35. The van der Waals surface area contributed by atoms with Crippen molar-refractivity contribution in [3.05, 3.63) is 51.2 Å². The van der Waals surface area contributed by atoms with Crippen LogP contribution in [0, 0.1) is 0 Å². The van der Waals surface area contributed by atoms with Crippen molar-refractivity contribution >= 4 is 28.6 Å². The van der Waals surface area contributed by atoms with Crippen molar-refractivity contribution in [1.82, 2.24) is 5.32 Å². The topological polar surface area (TPSA) is 15.3 Å². The maximum Gasteiger partial charge on any atom is 0.0471 e. The van der Waals surface area contributed by atoms with Crippen LogP contribution in [-0.4, -0.2) is 19.6 Å². The summed E-state index contributed by atoms with van der Waals surface area (Å²) in [6, 6.07) is 10.9. The second kappa shape index (κ2) is 7.83. The zero-order valence-corrected chi connectivity index (χ0v) is 14.5. The van der Waals surface area contributed by atoms with Crippen molar-refractivity contribution in [1.29, 1.82) is 0 Å². The quantitative estimate of drug-likeness (QED) is 0.802. The minimum atomic E-state index is 0.433. The number of hydrogen-bond acceptors (Lipinski definition) is 3. The molecule has 1 atom stereocenters. The highest BCUT2D eigenvalue weighted by Crippen LogP contribution is 2.29. The van der Waals surface area contributed by atoms with E-state index < -0.39 is 0 Å². The van der Waals surface area contributed by atoms with E-state index in [4.69, 9.17) is 11.6 Å². The zero-order chi connectivity index (χ0) is 15.2. The van der Waals surface area contributed by atoms with Crippen LogP contribution in [0.1, 0.15) is 24.3 Å². The average molecular weight is 323 g/mol. The molecule has 0 bridgehead atoms. The first-order valence-electron chi connectivity index (χ1n) is 7.36. The van der Waals surface area contributed by atoms with Gasteiger partial charge < -0.3 is 10.2 Å². The van der Waals surface area contributed by atoms with E-state index in [1.54, 1.807) is 0 Å². The van der Waals surface area contributed by atoms with Crippen molar-refractivity contribution in [2.45, 2.75) is 32.9 Å². The Morgan fingerprint density at radius 3 is 2.76 bits per heavy atom. The van der Waals surface area contributed by atoms with Crippen LogP contribution in [0.25, 0.3) is 0 Å². The van der Waals surface area contributed by atoms with Gasteiger partial charge in [0.15, 0.2) is 0 Å². The maximum absolute atomic E-state index is 6.39. The molecule has 4 heteroatoms. The average Bonchev–Trinajstić information content (AvgIpc) is 2.98. The van der Waals surface area contributed by atoms with Gasteiger partial charge in [-0.15, -0.1) is 11.3 Å². The molecular formula is C17H23ClN2S. The molecule has 1 unspecified atom stereocenters. The Morgan fingerprint density at radius 1 is 1.29 bits per heavy atom. The first-order valence-corrected chi connectivity index (χ1v) is 8.62. The molecule has 0 saturated heterocycles. The third-order valence-electron chi connectivity index (χ3n) is 3.76. The van der Waals surface area contributed by atoms with E-state index in [1.807, 2.05) is 23.5 Å². The number of nitrogens with zero attached hydrogens (tertiary/aromatic N) is 1. The Kier molecular flexibility index (Phi) is 6.09. The first kappa shape index (κ1) is 16.3. The van der Waals surface area contributed by atoms with E-state index in [2.05, 4.69) is 54.7 Å². The van der Waals surface area contributed by atoms with Crippen molar-refractivity contribution in [2.75, 3.05) is 18.5 Å². The molecular weight excluding hydrogens is 300 g/mol. The predicted octanol–water partition coefficient (Wildman–Crippen LogP) is 4.58. The van der Waals surface area contributed by atoms with Gasteiger partial charge >= 0.3 is 0 Å². The molecule has 2 nitrogen and oxygen atoms in total. The number of thiophene rings is 1. The van der Waals surface area contributed by atoms with Gasteiger partial charge in [0.25, 0.3) is 0 Å². The number of hydrogen-bond donors (Lipinski definition) is 1. The summed E-state index contributed by atoms with van der Waals surface area (Å²) in [6.45, 7) is 6.12. The fourth-order valence-electron chi connectivity index (χ4n) is 2.40. The van der Waals surface area contributed by atoms with E-state index in [0.29, 0.717) is 6.04 Å². The van der Waals surface area contributed by atoms with Crippen molar-refractivity contribution in [3.63, 3.8) is 0 Å². The molecule has 0 aliphatic carbocycles. The monoisotopic (exact) mass is 322 g/mol. The molecule has 1 aromatic carbocycles. The lowest BCUT2D eigenvalue weighted by Gasteiger charge is -2.29. The predicted molar refractivity (Wildman–Crippen MR) is 94.7 cm³/mol. The standard InChI is InChI=1S/C17H23ClN2S/c1-4-19-12-15-16(18)8-5-9-17(15)20(3)13(2)11-14-7-6-10-21-14/h5-10,13,19H,4,11-12H2,1-3H3. The SMILES string of the molecule is CCNCc1c(Cl)cccc1N(C)C(C)Cc1cccs1. The number of halogens is 1. The highest BCUT2D eigenvalue weighted by molar-refractivity contribution is 7.09. The van der Waals surface area contributed by atoms with Crippen LogP contribution < -0.4 is 10.2 Å². The molecule has 0 amide bonds. The molecule has 0 saturated carbocycles. The molecule has 21 heavy (non-hydrogen) atoms. The van der Waals surface area contributed by atoms with E-state index in [-0.39, 0.29) is 0 Å². The Morgan fingerprint density at radius 2 is 2.10 bits per heavy atom. The van der Waals surface area contributed by atoms with Gasteiger partial charge in [-0.2, -0.15) is 0 Å². The summed E-state index contributed by atoms with van der Waals surface area (Å²) in [4.78, 5) is 3.75. The van der Waals surface area contributed by atoms with Gasteiger partial charge in [-0.05, 0) is 37.0 Å². The smallest absolute Gasteiger partial charge is 0.0471 e. The molecule has 2 aromatic rings. The van der Waals surface area contributed by atoms with Crippen LogP contribution in [0.2, 0.25) is 5.02 Å². The normalized spacial score (nSPS) is 12.4. The first-order chi connectivity index (χ1) is 10.1. The molecule has 2 rings (SSSR count). The molecule has 0 aliphatic heterocycles. The van der Waals surface area contributed by atoms with Crippen LogP contribution in [0.5, 0.6) is 0 Å². The van der Waals surface area contributed by atoms with Gasteiger partial charge in [-0.25, -0.2) is 0 Å². The van der Waals surface area contributed by atoms with Gasteiger partial charge in [0.2, 0.25) is 0 Å². The van der Waals surface area contributed by atoms with Gasteiger partial charge in [0.05, 0.1) is 0 Å². The molecule has 0 fully saturated rings. The Balaban J connectivity index is 2.17. The second-order valence-electron chi connectivity index (χ2n) is 5.26. The van der Waals surface area contributed by atoms with Crippen LogP contribution >= 0.6 is 22.9 Å². The van der Waals surface area contributed by atoms with Crippen LogP contribution in [0.3, 0.4) is 0 Å². The lowest BCUT2D eigenvalue weighted by molar-refractivity contribution is 0.675. The Bertz CT molecular complexity index is 554. The van der Waals surface area contributed by atoms with Gasteiger partial charge in [0, 0.05) is 47.2 Å². The minimum absolute atomic E-state index is 0.433. The minimum Gasteiger partial charge on any atom is -0.371 e. The zero-order valence-electron chi connectivity index (χ0n) is 12.9. The summed E-state index contributed by atoms with van der Waals surface area (Å²) in [5.74, 6) is 0. The number of rotatable bonds is 7. The van der Waals surface area contributed by atoms with E-state index in [1.165, 1.54) is 16.1 Å². The summed E-state index contributed by atoms with van der Waals surface area (Å²) in [6.07, 6.45) is 1.06. The molecule has 0 radical (unpaired) electrons. The molecule has 0 aliphatic rings. The number of likely N-dealkylation sites (N-methyl/N-ethyl adjacent to an activating group) is 1. The van der Waals surface area contributed by atoms with Gasteiger partial charge in [-0.3, -0.25) is 0 Å². The van der Waals surface area contributed by atoms with Crippen molar-refractivity contribution in [2.24, 2.45) is 0 Å². The number of nitrogens with one attached hydrogen (secondary N) is 1. The molecule has 1 aromatic heterocycles. The van der Waals surface area contributed by atoms with Gasteiger partial charge in [0.1, 0.15) is 0 Å². The van der Waals surface area contributed by atoms with E-state index >= 15 is 0 Å². The second-order valence-corrected chi connectivity index (χ2v) is 6.70. The Hall–Kier alpha value is -1.03. The lowest BCUT2D eigenvalue weighted by atomic mass is 10.1. The van der Waals surface area contributed by atoms with Crippen molar-refractivity contribution in [3.8, 4) is 0 Å². The molecule has 114 valence electrons. The van der Waals surface area contributed by atoms with Crippen molar-refractivity contribution < 1.29 is 0 Å². The Labute approximate surface area is 136 Å². The van der Waals surface area contributed by atoms with E-state index in [0.717, 1.165) is 24.5 Å². The van der Waals surface area contributed by atoms with Gasteiger partial charge in [-0.1, -0.05) is 30.7 Å². The third-order valence-corrected chi connectivity index (χ3v) is 5.02. The summed E-state index contributed by atoms with van der Waals surface area (Å²) < 4.78 is 0. The highest BCUT2D eigenvalue weighted by atomic mass is 35.5. The molecule has 1 heterocycles. The lowest BCUT2D eigenvalue weighted by Crippen LogP contribution is -2.32. The van der Waals surface area contributed by atoms with E-state index in [9.17, 15) is 0 Å². The van der Waals surface area contributed by atoms with Crippen LogP contribution in [0.4, 0.5) is 5.69 Å². The fraction of sp³-hybridized carbons (Fsp3) is 0.412. The van der Waals surface area contributed by atoms with Crippen LogP contribution in [-0.2, 0) is 13.0 Å². The summed E-state index contributed by atoms with van der Waals surface area (Å²) >= 11 is 8.21. The number of benzene rings is 1. The molecule has 0 spiro atoms. The fourth-order valence-corrected chi connectivity index (χ4v) is 3.46. The summed E-state index contributed by atoms with van der Waals surface area (Å²) in [7, 11) is 2.15. The third kappa shape index (κ3) is 4.22. The molecule has 1 N–H and O–H groups in total. The largest absolute Gasteiger partial charge is 0.371 e.